The average molecular weight is 357 g/mol. The standard InChI is InChI=1S/C21H31N3O2/c1-2-3-8-19(25)23-14-6-11-21(16-23)12-9-20(26)24(17-21)15-10-18-7-4-5-13-22-18/h4-5,7,13H,2-3,6,8-12,14-17H2,1H3/t21-/m1/s1. The molecule has 2 fully saturated rings. The van der Waals surface area contributed by atoms with E-state index in [1.54, 1.807) is 6.20 Å². The third kappa shape index (κ3) is 4.63. The van der Waals surface area contributed by atoms with Gasteiger partial charge in [0.2, 0.25) is 11.8 Å². The van der Waals surface area contributed by atoms with E-state index in [-0.39, 0.29) is 11.3 Å². The molecule has 26 heavy (non-hydrogen) atoms. The van der Waals surface area contributed by atoms with Gasteiger partial charge in [0, 0.05) is 62.7 Å². The molecule has 2 aliphatic rings. The SMILES string of the molecule is CCCCC(=O)N1CCC[C@@]2(CCC(=O)N(CCc3ccccn3)C2)C1. The van der Waals surface area contributed by atoms with Crippen LogP contribution in [-0.4, -0.2) is 52.8 Å². The summed E-state index contributed by atoms with van der Waals surface area (Å²) in [6.45, 7) is 5.34. The fourth-order valence-electron chi connectivity index (χ4n) is 4.34. The second kappa shape index (κ2) is 8.65. The number of carbonyl (C=O) groups excluding carboxylic acids is 2. The predicted molar refractivity (Wildman–Crippen MR) is 102 cm³/mol. The third-order valence-electron chi connectivity index (χ3n) is 5.87. The summed E-state index contributed by atoms with van der Waals surface area (Å²) in [7, 11) is 0. The summed E-state index contributed by atoms with van der Waals surface area (Å²) in [6, 6.07) is 5.92. The number of nitrogens with zero attached hydrogens (tertiary/aromatic N) is 3. The van der Waals surface area contributed by atoms with E-state index < -0.39 is 0 Å². The van der Waals surface area contributed by atoms with Crippen molar-refractivity contribution in [2.45, 2.75) is 58.3 Å². The molecule has 3 heterocycles. The lowest BCUT2D eigenvalue weighted by molar-refractivity contribution is -0.143. The number of amides is 2. The highest BCUT2D eigenvalue weighted by atomic mass is 16.2. The van der Waals surface area contributed by atoms with Gasteiger partial charge >= 0.3 is 0 Å². The molecule has 1 aromatic heterocycles. The number of likely N-dealkylation sites (tertiary alicyclic amines) is 2. The summed E-state index contributed by atoms with van der Waals surface area (Å²) in [6.07, 6.45) is 8.99. The van der Waals surface area contributed by atoms with Crippen LogP contribution in [-0.2, 0) is 16.0 Å². The maximum absolute atomic E-state index is 12.5. The Hall–Kier alpha value is -1.91. The molecular formula is C21H31N3O2. The Morgan fingerprint density at radius 2 is 2.15 bits per heavy atom. The van der Waals surface area contributed by atoms with Crippen LogP contribution >= 0.6 is 0 Å². The maximum atomic E-state index is 12.5. The number of piperidine rings is 2. The second-order valence-electron chi connectivity index (χ2n) is 7.91. The maximum Gasteiger partial charge on any atom is 0.222 e. The number of rotatable bonds is 6. The van der Waals surface area contributed by atoms with E-state index >= 15 is 0 Å². The first-order valence-corrected chi connectivity index (χ1v) is 10.1. The quantitative estimate of drug-likeness (QED) is 0.786. The fraction of sp³-hybridized carbons (Fsp3) is 0.667. The van der Waals surface area contributed by atoms with E-state index in [0.717, 1.165) is 70.4 Å². The molecule has 2 amide bonds. The van der Waals surface area contributed by atoms with E-state index in [9.17, 15) is 9.59 Å². The molecule has 1 spiro atoms. The highest BCUT2D eigenvalue weighted by Crippen LogP contribution is 2.39. The molecule has 0 radical (unpaired) electrons. The van der Waals surface area contributed by atoms with Crippen LogP contribution in [0.5, 0.6) is 0 Å². The first-order valence-electron chi connectivity index (χ1n) is 10.1. The monoisotopic (exact) mass is 357 g/mol. The number of aromatic nitrogens is 1. The molecule has 0 unspecified atom stereocenters. The van der Waals surface area contributed by atoms with Crippen molar-refractivity contribution < 1.29 is 9.59 Å². The molecule has 2 saturated heterocycles. The molecule has 3 rings (SSSR count). The molecular weight excluding hydrogens is 326 g/mol. The van der Waals surface area contributed by atoms with E-state index in [4.69, 9.17) is 0 Å². The van der Waals surface area contributed by atoms with Gasteiger partial charge in [-0.25, -0.2) is 0 Å². The first kappa shape index (κ1) is 18.9. The Labute approximate surface area is 156 Å². The summed E-state index contributed by atoms with van der Waals surface area (Å²) in [5.74, 6) is 0.545. The largest absolute Gasteiger partial charge is 0.342 e. The van der Waals surface area contributed by atoms with Gasteiger partial charge < -0.3 is 9.80 Å². The Kier molecular flexibility index (Phi) is 6.28. The molecule has 0 N–H and O–H groups in total. The first-order chi connectivity index (χ1) is 12.6. The number of unbranched alkanes of at least 4 members (excludes halogenated alkanes) is 1. The number of pyridine rings is 1. The van der Waals surface area contributed by atoms with Gasteiger partial charge in [-0.15, -0.1) is 0 Å². The summed E-state index contributed by atoms with van der Waals surface area (Å²) in [5.41, 5.74) is 1.12. The van der Waals surface area contributed by atoms with Crippen LogP contribution in [0.1, 0.15) is 57.6 Å². The van der Waals surface area contributed by atoms with Gasteiger partial charge in [-0.2, -0.15) is 0 Å². The molecule has 5 nitrogen and oxygen atoms in total. The van der Waals surface area contributed by atoms with Gasteiger partial charge in [-0.1, -0.05) is 19.4 Å². The second-order valence-corrected chi connectivity index (χ2v) is 7.91. The predicted octanol–water partition coefficient (Wildman–Crippen LogP) is 3.05. The molecule has 1 aromatic rings. The van der Waals surface area contributed by atoms with Gasteiger partial charge in [0.25, 0.3) is 0 Å². The average Bonchev–Trinajstić information content (AvgIpc) is 2.68. The minimum atomic E-state index is 0.0954. The van der Waals surface area contributed by atoms with E-state index in [0.29, 0.717) is 18.7 Å². The zero-order valence-corrected chi connectivity index (χ0v) is 16.0. The molecule has 0 saturated carbocycles. The van der Waals surface area contributed by atoms with Crippen LogP contribution in [0.4, 0.5) is 0 Å². The molecule has 142 valence electrons. The normalized spacial score (nSPS) is 23.5. The van der Waals surface area contributed by atoms with Crippen molar-refractivity contribution in [2.24, 2.45) is 5.41 Å². The fourth-order valence-corrected chi connectivity index (χ4v) is 4.34. The van der Waals surface area contributed by atoms with Crippen molar-refractivity contribution in [1.82, 2.24) is 14.8 Å². The Morgan fingerprint density at radius 3 is 2.92 bits per heavy atom. The molecule has 0 aliphatic carbocycles. The number of carbonyl (C=O) groups is 2. The zero-order chi connectivity index (χ0) is 18.4. The van der Waals surface area contributed by atoms with Crippen LogP contribution in [0.2, 0.25) is 0 Å². The molecule has 0 bridgehead atoms. The van der Waals surface area contributed by atoms with Crippen molar-refractivity contribution >= 4 is 11.8 Å². The van der Waals surface area contributed by atoms with Gasteiger partial charge in [0.1, 0.15) is 0 Å². The molecule has 1 atom stereocenters. The highest BCUT2D eigenvalue weighted by Gasteiger charge is 2.42. The van der Waals surface area contributed by atoms with Crippen molar-refractivity contribution in [1.29, 1.82) is 0 Å². The Bertz CT molecular complexity index is 619. The van der Waals surface area contributed by atoms with Crippen LogP contribution in [0.3, 0.4) is 0 Å². The van der Waals surface area contributed by atoms with Crippen molar-refractivity contribution in [3.8, 4) is 0 Å². The van der Waals surface area contributed by atoms with E-state index in [2.05, 4.69) is 16.8 Å². The van der Waals surface area contributed by atoms with Crippen LogP contribution in [0.25, 0.3) is 0 Å². The van der Waals surface area contributed by atoms with Crippen molar-refractivity contribution in [3.63, 3.8) is 0 Å². The molecule has 5 heteroatoms. The van der Waals surface area contributed by atoms with Crippen LogP contribution < -0.4 is 0 Å². The summed E-state index contributed by atoms with van der Waals surface area (Å²) in [5, 5.41) is 0. The minimum absolute atomic E-state index is 0.0954. The van der Waals surface area contributed by atoms with Gasteiger partial charge in [-0.3, -0.25) is 14.6 Å². The zero-order valence-electron chi connectivity index (χ0n) is 16.0. The molecule has 2 aliphatic heterocycles. The molecule has 0 aromatic carbocycles. The van der Waals surface area contributed by atoms with Gasteiger partial charge in [0.05, 0.1) is 0 Å². The lowest BCUT2D eigenvalue weighted by Gasteiger charge is -2.48. The summed E-state index contributed by atoms with van der Waals surface area (Å²) < 4.78 is 0. The van der Waals surface area contributed by atoms with E-state index in [1.807, 2.05) is 23.1 Å². The lowest BCUT2D eigenvalue weighted by atomic mass is 9.73. The topological polar surface area (TPSA) is 53.5 Å². The Balaban J connectivity index is 1.60. The summed E-state index contributed by atoms with van der Waals surface area (Å²) in [4.78, 5) is 33.3. The third-order valence-corrected chi connectivity index (χ3v) is 5.87. The lowest BCUT2D eigenvalue weighted by Crippen LogP contribution is -2.55. The Morgan fingerprint density at radius 1 is 1.27 bits per heavy atom. The van der Waals surface area contributed by atoms with Crippen LogP contribution in [0.15, 0.2) is 24.4 Å². The smallest absolute Gasteiger partial charge is 0.222 e. The van der Waals surface area contributed by atoms with Crippen molar-refractivity contribution in [3.05, 3.63) is 30.1 Å². The van der Waals surface area contributed by atoms with E-state index in [1.165, 1.54) is 0 Å². The summed E-state index contributed by atoms with van der Waals surface area (Å²) >= 11 is 0. The minimum Gasteiger partial charge on any atom is -0.342 e. The van der Waals surface area contributed by atoms with Crippen LogP contribution in [0, 0.1) is 5.41 Å². The van der Waals surface area contributed by atoms with Gasteiger partial charge in [-0.05, 0) is 37.8 Å². The van der Waals surface area contributed by atoms with Crippen molar-refractivity contribution in [2.75, 3.05) is 26.2 Å². The van der Waals surface area contributed by atoms with Gasteiger partial charge in [0.15, 0.2) is 0 Å². The number of hydrogen-bond donors (Lipinski definition) is 0. The number of hydrogen-bond acceptors (Lipinski definition) is 3. The highest BCUT2D eigenvalue weighted by molar-refractivity contribution is 5.78.